The van der Waals surface area contributed by atoms with Crippen LogP contribution in [-0.4, -0.2) is 87.3 Å². The van der Waals surface area contributed by atoms with Crippen LogP contribution in [0.3, 0.4) is 0 Å². The molecule has 0 aromatic carbocycles. The van der Waals surface area contributed by atoms with Crippen molar-refractivity contribution in [3.05, 3.63) is 0 Å². The molecule has 16 heavy (non-hydrogen) atoms. The van der Waals surface area contributed by atoms with Crippen molar-refractivity contribution in [3.63, 3.8) is 0 Å². The average Bonchev–Trinajstić information content (AvgIpc) is 2.00. The van der Waals surface area contributed by atoms with E-state index in [0.717, 1.165) is 14.1 Å². The Labute approximate surface area is 152 Å². The summed E-state index contributed by atoms with van der Waals surface area (Å²) < 4.78 is 0. The number of hydrogen-bond acceptors (Lipinski definition) is 5. The van der Waals surface area contributed by atoms with E-state index in [1.807, 2.05) is 0 Å². The van der Waals surface area contributed by atoms with E-state index in [1.165, 1.54) is 0 Å². The van der Waals surface area contributed by atoms with E-state index in [0.29, 0.717) is 9.80 Å². The second-order valence-electron chi connectivity index (χ2n) is 1.93. The van der Waals surface area contributed by atoms with Crippen molar-refractivity contribution in [2.45, 2.75) is 0 Å². The summed E-state index contributed by atoms with van der Waals surface area (Å²) in [6, 6.07) is 0. The SMILES string of the molecule is CN(C(=O)[O-])C(=S)N(C)C(=O)[O-].[Br-].[Br-].[Mg+2].[Mg+2]. The smallest absolute Gasteiger partial charge is 1.00 e. The Morgan fingerprint density at radius 2 is 1.12 bits per heavy atom. The summed E-state index contributed by atoms with van der Waals surface area (Å²) in [5, 5.41) is 19.9. The van der Waals surface area contributed by atoms with Crippen LogP contribution < -0.4 is 44.2 Å². The summed E-state index contributed by atoms with van der Waals surface area (Å²) >= 11 is 4.46. The molecule has 84 valence electrons. The van der Waals surface area contributed by atoms with Gasteiger partial charge in [-0.2, -0.15) is 0 Å². The molecule has 0 aromatic heterocycles. The molecule has 11 heteroatoms. The van der Waals surface area contributed by atoms with Crippen molar-refractivity contribution in [1.82, 2.24) is 9.80 Å². The maximum Gasteiger partial charge on any atom is 2.00 e. The molecule has 6 nitrogen and oxygen atoms in total. The first-order valence-corrected chi connectivity index (χ1v) is 3.22. The van der Waals surface area contributed by atoms with E-state index in [2.05, 4.69) is 12.2 Å². The standard InChI is InChI=1S/C5H8N2O4S.2BrH.2Mg/c1-6(4(8)9)3(12)7(2)5(10)11;;;;/h1-2H3,(H,8,9)(H,10,11);2*1H;;/q;;;2*+2/p-4. The van der Waals surface area contributed by atoms with Crippen LogP contribution >= 0.6 is 12.2 Å². The van der Waals surface area contributed by atoms with Gasteiger partial charge >= 0.3 is 46.1 Å². The molecule has 0 aliphatic rings. The zero-order valence-electron chi connectivity index (χ0n) is 8.61. The van der Waals surface area contributed by atoms with Crippen LogP contribution in [0.25, 0.3) is 0 Å². The number of carbonyl (C=O) groups is 2. The van der Waals surface area contributed by atoms with Crippen LogP contribution in [0, 0.1) is 0 Å². The molecule has 0 heterocycles. The number of carboxylic acid groups (broad SMARTS) is 2. The fourth-order valence-electron chi connectivity index (χ4n) is 0.381. The van der Waals surface area contributed by atoms with E-state index < -0.39 is 17.3 Å². The molecule has 0 saturated carbocycles. The third-order valence-corrected chi connectivity index (χ3v) is 1.67. The summed E-state index contributed by atoms with van der Waals surface area (Å²) in [5.74, 6) is 0. The Balaban J connectivity index is -0.000000101. The third-order valence-electron chi connectivity index (χ3n) is 1.12. The zero-order valence-corrected chi connectivity index (χ0v) is 15.4. The molecule has 0 aliphatic heterocycles. The van der Waals surface area contributed by atoms with E-state index in [-0.39, 0.29) is 80.1 Å². The average molecular weight is 399 g/mol. The van der Waals surface area contributed by atoms with Gasteiger partial charge in [-0.1, -0.05) is 0 Å². The molecule has 0 unspecified atom stereocenters. The predicted molar refractivity (Wildman–Crippen MR) is 50.4 cm³/mol. The maximum absolute atomic E-state index is 10.2. The first-order valence-electron chi connectivity index (χ1n) is 2.81. The van der Waals surface area contributed by atoms with E-state index >= 15 is 0 Å². The molecular weight excluding hydrogens is 393 g/mol. The molecule has 0 fully saturated rings. The summed E-state index contributed by atoms with van der Waals surface area (Å²) in [5.41, 5.74) is 0. The molecular formula is C5H6Br2Mg2N2O4S. The van der Waals surface area contributed by atoms with Crippen molar-refractivity contribution in [2.75, 3.05) is 14.1 Å². The molecule has 0 aliphatic carbocycles. The zero-order chi connectivity index (χ0) is 9.89. The largest absolute Gasteiger partial charge is 2.00 e. The van der Waals surface area contributed by atoms with Crippen molar-refractivity contribution >= 4 is 75.6 Å². The predicted octanol–water partition coefficient (Wildman–Crippen LogP) is -8.93. The van der Waals surface area contributed by atoms with Gasteiger partial charge in [0, 0.05) is 14.1 Å². The Hall–Kier alpha value is 1.12. The van der Waals surface area contributed by atoms with Gasteiger partial charge in [0.05, 0.1) is 0 Å². The summed E-state index contributed by atoms with van der Waals surface area (Å²) in [4.78, 5) is 21.3. The summed E-state index contributed by atoms with van der Waals surface area (Å²) in [7, 11) is 2.16. The first kappa shape index (κ1) is 30.3. The number of amides is 2. The topological polar surface area (TPSA) is 86.7 Å². The Morgan fingerprint density at radius 1 is 0.938 bits per heavy atom. The van der Waals surface area contributed by atoms with Crippen molar-refractivity contribution in [2.24, 2.45) is 0 Å². The van der Waals surface area contributed by atoms with Crippen molar-refractivity contribution < 1.29 is 53.8 Å². The van der Waals surface area contributed by atoms with Crippen LogP contribution in [0.15, 0.2) is 0 Å². The molecule has 2 amide bonds. The quantitative estimate of drug-likeness (QED) is 0.299. The second kappa shape index (κ2) is 14.2. The van der Waals surface area contributed by atoms with Gasteiger partial charge in [0.25, 0.3) is 0 Å². The number of carbonyl (C=O) groups excluding carboxylic acids is 2. The normalized spacial score (nSPS) is 6.62. The molecule has 0 spiro atoms. The van der Waals surface area contributed by atoms with Gasteiger partial charge in [-0.3, -0.25) is 0 Å². The first-order chi connectivity index (χ1) is 5.37. The molecule has 0 rings (SSSR count). The van der Waals surface area contributed by atoms with Crippen molar-refractivity contribution in [1.29, 1.82) is 0 Å². The fourth-order valence-corrected chi connectivity index (χ4v) is 0.530. The molecule has 0 aromatic rings. The van der Waals surface area contributed by atoms with Gasteiger partial charge in [-0.05, 0) is 12.2 Å². The maximum atomic E-state index is 10.2. The van der Waals surface area contributed by atoms with E-state index in [1.54, 1.807) is 0 Å². The van der Waals surface area contributed by atoms with Gasteiger partial charge < -0.3 is 63.6 Å². The number of thiocarbonyl (C=S) groups is 1. The molecule has 0 radical (unpaired) electrons. The van der Waals surface area contributed by atoms with Crippen LogP contribution in [0.4, 0.5) is 9.59 Å². The van der Waals surface area contributed by atoms with Crippen LogP contribution in [-0.2, 0) is 0 Å². The minimum absolute atomic E-state index is 0. The van der Waals surface area contributed by atoms with Crippen molar-refractivity contribution in [3.8, 4) is 0 Å². The van der Waals surface area contributed by atoms with Gasteiger partial charge in [-0.15, -0.1) is 0 Å². The minimum Gasteiger partial charge on any atom is -1.00 e. The number of nitrogens with zero attached hydrogens (tertiary/aromatic N) is 2. The van der Waals surface area contributed by atoms with Gasteiger partial charge in [0.1, 0.15) is 12.2 Å². The Morgan fingerprint density at radius 3 is 1.25 bits per heavy atom. The molecule has 0 bridgehead atoms. The van der Waals surface area contributed by atoms with Crippen LogP contribution in [0.2, 0.25) is 0 Å². The molecule has 0 N–H and O–H groups in total. The molecule has 0 atom stereocenters. The number of halogens is 2. The van der Waals surface area contributed by atoms with Crippen LogP contribution in [0.1, 0.15) is 0 Å². The summed E-state index contributed by atoms with van der Waals surface area (Å²) in [6.45, 7) is 0. The third kappa shape index (κ3) is 10.3. The van der Waals surface area contributed by atoms with Gasteiger partial charge in [0.2, 0.25) is 0 Å². The monoisotopic (exact) mass is 396 g/mol. The number of hydrogen-bond donors (Lipinski definition) is 0. The summed E-state index contributed by atoms with van der Waals surface area (Å²) in [6.07, 6.45) is -3.15. The Bertz CT molecular complexity index is 224. The van der Waals surface area contributed by atoms with E-state index in [4.69, 9.17) is 0 Å². The number of rotatable bonds is 0. The minimum atomic E-state index is -1.58. The molecule has 0 saturated heterocycles. The van der Waals surface area contributed by atoms with Crippen LogP contribution in [0.5, 0.6) is 0 Å². The second-order valence-corrected chi connectivity index (χ2v) is 2.30. The Kier molecular flexibility index (Phi) is 26.8. The fraction of sp³-hybridized carbons (Fsp3) is 0.400. The van der Waals surface area contributed by atoms with Gasteiger partial charge in [0.15, 0.2) is 5.11 Å². The van der Waals surface area contributed by atoms with Gasteiger partial charge in [-0.25, -0.2) is 0 Å². The van der Waals surface area contributed by atoms with E-state index in [9.17, 15) is 19.8 Å².